The zero-order valence-corrected chi connectivity index (χ0v) is 26.0. The largest absolute Gasteiger partial charge is 0.540 e. The lowest BCUT2D eigenvalue weighted by Gasteiger charge is -2.42. The maximum absolute atomic E-state index is 6.96. The van der Waals surface area contributed by atoms with E-state index in [-0.39, 0.29) is 0 Å². The Bertz CT molecular complexity index is 1080. The van der Waals surface area contributed by atoms with Crippen molar-refractivity contribution < 1.29 is 23.2 Å². The lowest BCUT2D eigenvalue weighted by Crippen LogP contribution is -2.50. The molecule has 0 bridgehead atoms. The third-order valence-corrected chi connectivity index (χ3v) is 14.4. The zero-order chi connectivity index (χ0) is 26.6. The first-order valence-electron chi connectivity index (χ1n) is 13.0. The minimum absolute atomic E-state index is 0.497. The highest BCUT2D eigenvalue weighted by atomic mass is 79.9. The molecule has 0 amide bonds. The predicted molar refractivity (Wildman–Crippen MR) is 154 cm³/mol. The highest BCUT2D eigenvalue weighted by Gasteiger charge is 2.47. The first kappa shape index (κ1) is 28.6. The molecule has 0 aliphatic carbocycles. The molecule has 0 N–H and O–H groups in total. The topological polar surface area (TPSA) is 39.9 Å². The van der Waals surface area contributed by atoms with Gasteiger partial charge in [0.05, 0.1) is 21.3 Å². The number of hydrogen-bond acceptors (Lipinski definition) is 4. The van der Waals surface area contributed by atoms with Crippen molar-refractivity contribution in [3.8, 4) is 23.0 Å². The van der Waals surface area contributed by atoms with Gasteiger partial charge in [0.1, 0.15) is 18.8 Å². The molecule has 7 heteroatoms. The third kappa shape index (κ3) is 5.77. The van der Waals surface area contributed by atoms with Gasteiger partial charge in [0.25, 0.3) is 8.32 Å². The maximum Gasteiger partial charge on any atom is 0.258 e. The molecule has 0 aromatic heterocycles. The molecule has 0 unspecified atom stereocenters. The van der Waals surface area contributed by atoms with Crippen molar-refractivity contribution >= 4 is 30.5 Å². The van der Waals surface area contributed by atoms with Gasteiger partial charge in [-0.2, -0.15) is 0 Å². The van der Waals surface area contributed by atoms with Gasteiger partial charge in [-0.3, -0.25) is 0 Å². The number of methoxy groups -OCH3 is 3. The molecule has 3 rings (SSSR count). The van der Waals surface area contributed by atoms with Crippen molar-refractivity contribution in [1.29, 1.82) is 0 Å². The Morgan fingerprint density at radius 2 is 1.36 bits per heavy atom. The number of ether oxygens (including phenoxy) is 3. The lowest BCUT2D eigenvalue weighted by molar-refractivity contribution is -0.523. The van der Waals surface area contributed by atoms with Crippen molar-refractivity contribution in [2.24, 2.45) is 0 Å². The van der Waals surface area contributed by atoms with Crippen LogP contribution in [0.3, 0.4) is 0 Å². The second-order valence-corrected chi connectivity index (χ2v) is 16.8. The molecule has 0 saturated carbocycles. The molecule has 1 heterocycles. The second kappa shape index (κ2) is 12.0. The van der Waals surface area contributed by atoms with Crippen molar-refractivity contribution in [2.75, 3.05) is 34.4 Å². The zero-order valence-electron chi connectivity index (χ0n) is 23.4. The molecule has 2 aromatic rings. The quantitative estimate of drug-likeness (QED) is 0.208. The second-order valence-electron chi connectivity index (χ2n) is 10.6. The van der Waals surface area contributed by atoms with Crippen LogP contribution in [0.25, 0.3) is 0 Å². The summed E-state index contributed by atoms with van der Waals surface area (Å²) in [5, 5.41) is 0. The molecule has 0 spiro atoms. The van der Waals surface area contributed by atoms with E-state index in [4.69, 9.17) is 18.6 Å². The van der Waals surface area contributed by atoms with Gasteiger partial charge in [0, 0.05) is 22.9 Å². The van der Waals surface area contributed by atoms with Crippen molar-refractivity contribution in [3.05, 3.63) is 45.4 Å². The van der Waals surface area contributed by atoms with Crippen LogP contribution in [0.5, 0.6) is 23.0 Å². The van der Waals surface area contributed by atoms with Crippen LogP contribution in [0.15, 0.2) is 28.7 Å². The van der Waals surface area contributed by atoms with Crippen molar-refractivity contribution in [2.45, 2.75) is 71.0 Å². The Morgan fingerprint density at radius 1 is 0.806 bits per heavy atom. The minimum Gasteiger partial charge on any atom is -0.540 e. The normalized spacial score (nSPS) is 13.6. The first-order valence-corrected chi connectivity index (χ1v) is 15.9. The fourth-order valence-electron chi connectivity index (χ4n) is 5.79. The Labute approximate surface area is 227 Å². The summed E-state index contributed by atoms with van der Waals surface area (Å²) < 4.78 is 27.2. The van der Waals surface area contributed by atoms with E-state index in [1.165, 1.54) is 16.7 Å². The highest BCUT2D eigenvalue weighted by Crippen LogP contribution is 2.45. The Morgan fingerprint density at radius 3 is 1.92 bits per heavy atom. The molecular weight excluding hydrogens is 534 g/mol. The van der Waals surface area contributed by atoms with E-state index >= 15 is 0 Å². The lowest BCUT2D eigenvalue weighted by atomic mass is 10.0. The number of nitrogens with zero attached hydrogens (tertiary/aromatic N) is 1. The molecular formula is C29H43BrNO4Si+. The Kier molecular flexibility index (Phi) is 9.55. The third-order valence-electron chi connectivity index (χ3n) is 7.63. The summed E-state index contributed by atoms with van der Waals surface area (Å²) >= 11 is 3.84. The summed E-state index contributed by atoms with van der Waals surface area (Å²) in [5.41, 5.74) is 5.19. The van der Waals surface area contributed by atoms with Crippen LogP contribution in [-0.2, 0) is 12.8 Å². The van der Waals surface area contributed by atoms with Gasteiger partial charge < -0.3 is 18.6 Å². The van der Waals surface area contributed by atoms with Crippen LogP contribution < -0.4 is 18.6 Å². The van der Waals surface area contributed by atoms with Gasteiger partial charge in [-0.15, -0.1) is 0 Å². The van der Waals surface area contributed by atoms with Crippen molar-refractivity contribution in [3.63, 3.8) is 0 Å². The molecule has 0 fully saturated rings. The van der Waals surface area contributed by atoms with Crippen molar-refractivity contribution in [1.82, 2.24) is 0 Å². The number of benzene rings is 2. The summed E-state index contributed by atoms with van der Waals surface area (Å²) in [5.74, 6) is 3.23. The Balaban J connectivity index is 1.84. The van der Waals surface area contributed by atoms with Crippen LogP contribution in [0, 0.1) is 0 Å². The van der Waals surface area contributed by atoms with E-state index in [0.717, 1.165) is 53.4 Å². The van der Waals surface area contributed by atoms with Crippen LogP contribution in [0.2, 0.25) is 16.6 Å². The molecule has 36 heavy (non-hydrogen) atoms. The molecule has 2 aromatic carbocycles. The predicted octanol–water partition coefficient (Wildman–Crippen LogP) is 7.26. The van der Waals surface area contributed by atoms with Crippen LogP contribution >= 0.6 is 15.9 Å². The van der Waals surface area contributed by atoms with E-state index in [2.05, 4.69) is 92.5 Å². The average molecular weight is 578 g/mol. The molecule has 0 atom stereocenters. The molecule has 5 nitrogen and oxygen atoms in total. The van der Waals surface area contributed by atoms with E-state index in [9.17, 15) is 0 Å². The molecule has 1 aliphatic heterocycles. The van der Waals surface area contributed by atoms with Gasteiger partial charge in [0.15, 0.2) is 23.5 Å². The number of rotatable bonds is 11. The highest BCUT2D eigenvalue weighted by molar-refractivity contribution is 9.10. The first-order chi connectivity index (χ1) is 17.1. The standard InChI is InChI=1S/C29H43BrNO4Si/c1-19(2)36(20(3)4,21(5)6)35-29-17-25(30)23(15-28(29)34-9)11-13-31-12-10-22-14-26(32-7)27(33-8)16-24(22)18-31/h14-21H,10-13H2,1-9H3/q+1. The van der Waals surface area contributed by atoms with Gasteiger partial charge in [-0.05, 0) is 52.0 Å². The maximum atomic E-state index is 6.96. The molecule has 0 radical (unpaired) electrons. The van der Waals surface area contributed by atoms with Gasteiger partial charge in [-0.1, -0.05) is 57.5 Å². The number of hydrogen-bond donors (Lipinski definition) is 0. The van der Waals surface area contributed by atoms with Crippen LogP contribution in [0.4, 0.5) is 0 Å². The summed E-state index contributed by atoms with van der Waals surface area (Å²) in [4.78, 5) is 0. The summed E-state index contributed by atoms with van der Waals surface area (Å²) in [6, 6.07) is 8.43. The van der Waals surface area contributed by atoms with E-state index in [0.29, 0.717) is 16.6 Å². The SMILES string of the molecule is COc1cc2c(cc1OC)CC[N+](CCc1cc(OC)c(O[Si](C(C)C)(C(C)C)C(C)C)cc1Br)=C2. The molecule has 198 valence electrons. The summed E-state index contributed by atoms with van der Waals surface area (Å²) in [7, 11) is 3.02. The average Bonchev–Trinajstić information content (AvgIpc) is 2.84. The molecule has 0 saturated heterocycles. The van der Waals surface area contributed by atoms with Gasteiger partial charge in [-0.25, -0.2) is 4.58 Å². The summed E-state index contributed by atoms with van der Waals surface area (Å²) in [6.45, 7) is 15.7. The van der Waals surface area contributed by atoms with Gasteiger partial charge >= 0.3 is 0 Å². The monoisotopic (exact) mass is 576 g/mol. The minimum atomic E-state index is -2.08. The van der Waals surface area contributed by atoms with Crippen LogP contribution in [-0.4, -0.2) is 53.5 Å². The fourth-order valence-corrected chi connectivity index (χ4v) is 11.6. The number of halogens is 1. The number of fused-ring (bicyclic) bond motifs is 1. The van der Waals surface area contributed by atoms with Crippen LogP contribution in [0.1, 0.15) is 58.2 Å². The van der Waals surface area contributed by atoms with Gasteiger partial charge in [0.2, 0.25) is 0 Å². The van der Waals surface area contributed by atoms with E-state index in [1.807, 2.05) is 0 Å². The smallest absolute Gasteiger partial charge is 0.258 e. The van der Waals surface area contributed by atoms with E-state index in [1.54, 1.807) is 21.3 Å². The summed E-state index contributed by atoms with van der Waals surface area (Å²) in [6.07, 6.45) is 4.12. The van der Waals surface area contributed by atoms with E-state index < -0.39 is 8.32 Å². The Hall–Kier alpha value is -1.99. The fraction of sp³-hybridized carbons (Fsp3) is 0.552. The molecule has 1 aliphatic rings.